The minimum atomic E-state index is -0.325. The van der Waals surface area contributed by atoms with E-state index in [0.717, 1.165) is 0 Å². The summed E-state index contributed by atoms with van der Waals surface area (Å²) in [6.07, 6.45) is 0. The number of ketones is 1. The smallest absolute Gasteiger partial charge is 0.204 e. The molecule has 20 heavy (non-hydrogen) atoms. The Labute approximate surface area is 117 Å². The number of rotatable bonds is 4. The lowest BCUT2D eigenvalue weighted by Gasteiger charge is -1.96. The number of halogens is 1. The minimum Gasteiger partial charge on any atom is -0.291 e. The Morgan fingerprint density at radius 2 is 2.05 bits per heavy atom. The number of hydrogen-bond acceptors (Lipinski definition) is 5. The SMILES string of the molecule is O=C(Cn1nnc(-c2ccc(F)cc2)n1)c1cccs1. The van der Waals surface area contributed by atoms with E-state index in [0.29, 0.717) is 16.3 Å². The molecule has 0 atom stereocenters. The molecule has 0 spiro atoms. The second kappa shape index (κ2) is 5.30. The quantitative estimate of drug-likeness (QED) is 0.692. The van der Waals surface area contributed by atoms with Crippen molar-refractivity contribution in [1.29, 1.82) is 0 Å². The topological polar surface area (TPSA) is 60.7 Å². The lowest BCUT2D eigenvalue weighted by atomic mass is 10.2. The zero-order chi connectivity index (χ0) is 13.9. The Balaban J connectivity index is 1.77. The highest BCUT2D eigenvalue weighted by Gasteiger charge is 2.11. The van der Waals surface area contributed by atoms with Crippen molar-refractivity contribution in [2.24, 2.45) is 0 Å². The highest BCUT2D eigenvalue weighted by Crippen LogP contribution is 2.14. The maximum atomic E-state index is 12.8. The highest BCUT2D eigenvalue weighted by molar-refractivity contribution is 7.12. The Morgan fingerprint density at radius 1 is 1.25 bits per heavy atom. The summed E-state index contributed by atoms with van der Waals surface area (Å²) >= 11 is 1.37. The molecular weight excluding hydrogens is 279 g/mol. The van der Waals surface area contributed by atoms with Gasteiger partial charge in [0.2, 0.25) is 5.82 Å². The van der Waals surface area contributed by atoms with Crippen LogP contribution in [0.15, 0.2) is 41.8 Å². The van der Waals surface area contributed by atoms with Crippen LogP contribution in [0.3, 0.4) is 0 Å². The van der Waals surface area contributed by atoms with Gasteiger partial charge < -0.3 is 0 Å². The molecule has 2 heterocycles. The number of tetrazole rings is 1. The summed E-state index contributed by atoms with van der Waals surface area (Å²) in [5.74, 6) is -0.0268. The standard InChI is InChI=1S/C13H9FN4OS/c14-10-5-3-9(4-6-10)13-15-17-18(16-13)8-11(19)12-2-1-7-20-12/h1-7H,8H2. The molecule has 5 nitrogen and oxygen atoms in total. The van der Waals surface area contributed by atoms with E-state index in [-0.39, 0.29) is 18.1 Å². The predicted octanol–water partition coefficient (Wildman–Crippen LogP) is 2.42. The molecule has 0 fully saturated rings. The molecule has 0 aliphatic heterocycles. The molecule has 0 saturated heterocycles. The molecule has 0 amide bonds. The van der Waals surface area contributed by atoms with Crippen LogP contribution in [0.25, 0.3) is 11.4 Å². The van der Waals surface area contributed by atoms with Gasteiger partial charge in [-0.2, -0.15) is 4.80 Å². The van der Waals surface area contributed by atoms with E-state index in [1.807, 2.05) is 11.4 Å². The van der Waals surface area contributed by atoms with Crippen molar-refractivity contribution in [2.75, 3.05) is 0 Å². The van der Waals surface area contributed by atoms with Gasteiger partial charge in [0.05, 0.1) is 4.88 Å². The van der Waals surface area contributed by atoms with Crippen LogP contribution in [0, 0.1) is 5.82 Å². The number of carbonyl (C=O) groups excluding carboxylic acids is 1. The molecule has 3 aromatic rings. The minimum absolute atomic E-state index is 0.0364. The zero-order valence-electron chi connectivity index (χ0n) is 10.2. The molecular formula is C13H9FN4OS. The Bertz CT molecular complexity index is 721. The van der Waals surface area contributed by atoms with Crippen LogP contribution < -0.4 is 0 Å². The van der Waals surface area contributed by atoms with Crippen molar-refractivity contribution >= 4 is 17.1 Å². The van der Waals surface area contributed by atoms with Crippen LogP contribution >= 0.6 is 11.3 Å². The average molecular weight is 288 g/mol. The van der Waals surface area contributed by atoms with Gasteiger partial charge in [0, 0.05) is 5.56 Å². The number of carbonyl (C=O) groups is 1. The van der Waals surface area contributed by atoms with Gasteiger partial charge >= 0.3 is 0 Å². The van der Waals surface area contributed by atoms with Crippen LogP contribution in [0.5, 0.6) is 0 Å². The summed E-state index contributed by atoms with van der Waals surface area (Å²) in [5, 5.41) is 13.6. The molecule has 0 bridgehead atoms. The van der Waals surface area contributed by atoms with Crippen LogP contribution in [0.2, 0.25) is 0 Å². The maximum absolute atomic E-state index is 12.8. The van der Waals surface area contributed by atoms with Crippen molar-refractivity contribution in [1.82, 2.24) is 20.2 Å². The van der Waals surface area contributed by atoms with E-state index in [2.05, 4.69) is 15.4 Å². The predicted molar refractivity (Wildman–Crippen MR) is 71.9 cm³/mol. The normalized spacial score (nSPS) is 10.7. The third-order valence-electron chi connectivity index (χ3n) is 2.64. The first-order valence-electron chi connectivity index (χ1n) is 5.83. The van der Waals surface area contributed by atoms with Crippen molar-refractivity contribution in [3.63, 3.8) is 0 Å². The lowest BCUT2D eigenvalue weighted by Crippen LogP contribution is -2.12. The molecule has 0 saturated carbocycles. The van der Waals surface area contributed by atoms with E-state index >= 15 is 0 Å². The first-order valence-corrected chi connectivity index (χ1v) is 6.71. The van der Waals surface area contributed by atoms with Crippen LogP contribution in [0.4, 0.5) is 4.39 Å². The number of thiophene rings is 1. The van der Waals surface area contributed by atoms with E-state index in [9.17, 15) is 9.18 Å². The third kappa shape index (κ3) is 2.62. The number of hydrogen-bond donors (Lipinski definition) is 0. The highest BCUT2D eigenvalue weighted by atomic mass is 32.1. The van der Waals surface area contributed by atoms with Gasteiger partial charge in [-0.3, -0.25) is 4.79 Å². The van der Waals surface area contributed by atoms with Crippen LogP contribution in [-0.2, 0) is 6.54 Å². The van der Waals surface area contributed by atoms with Crippen molar-refractivity contribution in [3.05, 3.63) is 52.5 Å². The van der Waals surface area contributed by atoms with E-state index < -0.39 is 0 Å². The second-order valence-electron chi connectivity index (χ2n) is 4.05. The van der Waals surface area contributed by atoms with E-state index in [1.54, 1.807) is 18.2 Å². The van der Waals surface area contributed by atoms with Gasteiger partial charge in [0.25, 0.3) is 0 Å². The Hall–Kier alpha value is -2.41. The van der Waals surface area contributed by atoms with Crippen LogP contribution in [-0.4, -0.2) is 26.0 Å². The van der Waals surface area contributed by atoms with E-state index in [1.165, 1.54) is 28.3 Å². The summed E-state index contributed by atoms with van der Waals surface area (Å²) < 4.78 is 12.8. The molecule has 0 unspecified atom stereocenters. The molecule has 0 aliphatic rings. The number of benzene rings is 1. The molecule has 3 rings (SSSR count). The summed E-state index contributed by atoms with van der Waals surface area (Å²) in [4.78, 5) is 13.8. The van der Waals surface area contributed by atoms with Gasteiger partial charge in [0.15, 0.2) is 5.78 Å². The molecule has 0 radical (unpaired) electrons. The van der Waals surface area contributed by atoms with Crippen molar-refractivity contribution in [2.45, 2.75) is 6.54 Å². The third-order valence-corrected chi connectivity index (χ3v) is 3.55. The summed E-state index contributed by atoms with van der Waals surface area (Å²) in [7, 11) is 0. The van der Waals surface area contributed by atoms with Crippen molar-refractivity contribution < 1.29 is 9.18 Å². The molecule has 0 N–H and O–H groups in total. The fourth-order valence-corrected chi connectivity index (χ4v) is 2.33. The first-order chi connectivity index (χ1) is 9.72. The van der Waals surface area contributed by atoms with Gasteiger partial charge in [0.1, 0.15) is 12.4 Å². The van der Waals surface area contributed by atoms with Crippen molar-refractivity contribution in [3.8, 4) is 11.4 Å². The van der Waals surface area contributed by atoms with Gasteiger partial charge in [-0.1, -0.05) is 6.07 Å². The number of Topliss-reactive ketones (excluding diaryl/α,β-unsaturated/α-hetero) is 1. The van der Waals surface area contributed by atoms with Gasteiger partial charge in [-0.05, 0) is 40.9 Å². The molecule has 2 aromatic heterocycles. The summed E-state index contributed by atoms with van der Waals surface area (Å²) in [5.41, 5.74) is 0.654. The molecule has 1 aromatic carbocycles. The first kappa shape index (κ1) is 12.6. The largest absolute Gasteiger partial charge is 0.291 e. The number of aromatic nitrogens is 4. The van der Waals surface area contributed by atoms with Crippen LogP contribution in [0.1, 0.15) is 9.67 Å². The average Bonchev–Trinajstić information content (AvgIpc) is 3.10. The zero-order valence-corrected chi connectivity index (χ0v) is 11.0. The molecule has 100 valence electrons. The summed E-state index contributed by atoms with van der Waals surface area (Å²) in [6.45, 7) is 0.0364. The fraction of sp³-hybridized carbons (Fsp3) is 0.0769. The molecule has 7 heteroatoms. The Kier molecular flexibility index (Phi) is 3.34. The maximum Gasteiger partial charge on any atom is 0.204 e. The number of nitrogens with zero attached hydrogens (tertiary/aromatic N) is 4. The lowest BCUT2D eigenvalue weighted by molar-refractivity contribution is 0.0965. The van der Waals surface area contributed by atoms with Gasteiger partial charge in [-0.25, -0.2) is 4.39 Å². The van der Waals surface area contributed by atoms with Gasteiger partial charge in [-0.15, -0.1) is 21.5 Å². The monoisotopic (exact) mass is 288 g/mol. The molecule has 0 aliphatic carbocycles. The van der Waals surface area contributed by atoms with E-state index in [4.69, 9.17) is 0 Å². The fourth-order valence-electron chi connectivity index (χ4n) is 1.67. The Morgan fingerprint density at radius 3 is 2.75 bits per heavy atom. The summed E-state index contributed by atoms with van der Waals surface area (Å²) in [6, 6.07) is 9.36. The second-order valence-corrected chi connectivity index (χ2v) is 5.00.